The average Bonchev–Trinajstić information content (AvgIpc) is 2.63. The molecule has 1 amide bonds. The molecule has 0 bridgehead atoms. The molecule has 6 heteroatoms. The van der Waals surface area contributed by atoms with Gasteiger partial charge in [-0.1, -0.05) is 23.2 Å². The van der Waals surface area contributed by atoms with Crippen LogP contribution in [0.15, 0.2) is 12.1 Å². The zero-order chi connectivity index (χ0) is 13.5. The first-order chi connectivity index (χ1) is 8.30. The maximum atomic E-state index is 13.3. The van der Waals surface area contributed by atoms with E-state index < -0.39 is 17.3 Å². The van der Waals surface area contributed by atoms with Gasteiger partial charge >= 0.3 is 0 Å². The monoisotopic (exact) mass is 291 g/mol. The molecule has 1 aromatic carbocycles. The van der Waals surface area contributed by atoms with Crippen LogP contribution in [0, 0.1) is 5.82 Å². The Morgan fingerprint density at radius 1 is 1.44 bits per heavy atom. The second-order valence-corrected chi connectivity index (χ2v) is 5.53. The molecule has 1 N–H and O–H groups in total. The number of likely N-dealkylation sites (tertiary alicyclic amines) is 1. The lowest BCUT2D eigenvalue weighted by molar-refractivity contribution is 0.0572. The van der Waals surface area contributed by atoms with Crippen molar-refractivity contribution in [3.05, 3.63) is 33.6 Å². The standard InChI is InChI=1S/C12H12Cl2FNO2/c1-12(18)2-3-16(6-12)11(17)7-4-10(15)9(14)5-8(7)13/h4-5,18H,2-3,6H2,1H3. The van der Waals surface area contributed by atoms with Crippen LogP contribution in [-0.4, -0.2) is 34.6 Å². The summed E-state index contributed by atoms with van der Waals surface area (Å²) < 4.78 is 13.3. The zero-order valence-electron chi connectivity index (χ0n) is 9.71. The number of amides is 1. The van der Waals surface area contributed by atoms with Gasteiger partial charge in [-0.15, -0.1) is 0 Å². The summed E-state index contributed by atoms with van der Waals surface area (Å²) in [4.78, 5) is 13.6. The fourth-order valence-electron chi connectivity index (χ4n) is 1.98. The summed E-state index contributed by atoms with van der Waals surface area (Å²) in [6.07, 6.45) is 0.492. The molecule has 0 aliphatic carbocycles. The number of benzene rings is 1. The number of β-amino-alcohol motifs (C(OH)–C–C–N with tert-alkyl or cyclic N) is 1. The Bertz CT molecular complexity index is 505. The molecule has 0 aromatic heterocycles. The van der Waals surface area contributed by atoms with Crippen molar-refractivity contribution >= 4 is 29.1 Å². The first-order valence-electron chi connectivity index (χ1n) is 5.46. The van der Waals surface area contributed by atoms with Crippen LogP contribution in [0.4, 0.5) is 4.39 Å². The molecule has 1 unspecified atom stereocenters. The fraction of sp³-hybridized carbons (Fsp3) is 0.417. The lowest BCUT2D eigenvalue weighted by Crippen LogP contribution is -2.34. The number of hydrogen-bond acceptors (Lipinski definition) is 2. The van der Waals surface area contributed by atoms with E-state index in [4.69, 9.17) is 23.2 Å². The Morgan fingerprint density at radius 2 is 2.11 bits per heavy atom. The van der Waals surface area contributed by atoms with E-state index in [1.807, 2.05) is 0 Å². The highest BCUT2D eigenvalue weighted by molar-refractivity contribution is 6.36. The summed E-state index contributed by atoms with van der Waals surface area (Å²) in [5, 5.41) is 9.80. The van der Waals surface area contributed by atoms with Crippen molar-refractivity contribution < 1.29 is 14.3 Å². The van der Waals surface area contributed by atoms with Gasteiger partial charge in [0.25, 0.3) is 5.91 Å². The second-order valence-electron chi connectivity index (χ2n) is 4.72. The molecule has 18 heavy (non-hydrogen) atoms. The largest absolute Gasteiger partial charge is 0.388 e. The topological polar surface area (TPSA) is 40.5 Å². The van der Waals surface area contributed by atoms with E-state index >= 15 is 0 Å². The van der Waals surface area contributed by atoms with Crippen molar-refractivity contribution in [3.8, 4) is 0 Å². The van der Waals surface area contributed by atoms with Gasteiger partial charge in [-0.3, -0.25) is 4.79 Å². The summed E-state index contributed by atoms with van der Waals surface area (Å²) >= 11 is 11.5. The summed E-state index contributed by atoms with van der Waals surface area (Å²) in [5.74, 6) is -1.08. The molecule has 98 valence electrons. The zero-order valence-corrected chi connectivity index (χ0v) is 11.2. The average molecular weight is 292 g/mol. The van der Waals surface area contributed by atoms with E-state index in [0.717, 1.165) is 6.07 Å². The third-order valence-electron chi connectivity index (χ3n) is 2.98. The molecule has 1 aromatic rings. The number of aliphatic hydroxyl groups is 1. The molecule has 0 spiro atoms. The van der Waals surface area contributed by atoms with Gasteiger partial charge in [0.15, 0.2) is 0 Å². The predicted molar refractivity (Wildman–Crippen MR) is 67.6 cm³/mol. The smallest absolute Gasteiger partial charge is 0.255 e. The summed E-state index contributed by atoms with van der Waals surface area (Å²) in [7, 11) is 0. The molecule has 1 aliphatic heterocycles. The Morgan fingerprint density at radius 3 is 2.67 bits per heavy atom. The van der Waals surface area contributed by atoms with Crippen molar-refractivity contribution in [3.63, 3.8) is 0 Å². The lowest BCUT2D eigenvalue weighted by atomic mass is 10.1. The number of halogens is 3. The Hall–Kier alpha value is -0.840. The summed E-state index contributed by atoms with van der Waals surface area (Å²) in [6, 6.07) is 2.24. The van der Waals surface area contributed by atoms with E-state index in [9.17, 15) is 14.3 Å². The van der Waals surface area contributed by atoms with Crippen molar-refractivity contribution in [1.82, 2.24) is 4.90 Å². The van der Waals surface area contributed by atoms with E-state index in [1.54, 1.807) is 6.92 Å². The SMILES string of the molecule is CC1(O)CCN(C(=O)c2cc(F)c(Cl)cc2Cl)C1. The third-order valence-corrected chi connectivity index (χ3v) is 3.58. The first kappa shape index (κ1) is 13.6. The molecule has 1 atom stereocenters. The van der Waals surface area contributed by atoms with E-state index in [1.165, 1.54) is 11.0 Å². The molecule has 1 saturated heterocycles. The minimum atomic E-state index is -0.896. The highest BCUT2D eigenvalue weighted by Crippen LogP contribution is 2.28. The van der Waals surface area contributed by atoms with Gasteiger partial charge in [-0.2, -0.15) is 0 Å². The molecule has 3 nitrogen and oxygen atoms in total. The van der Waals surface area contributed by atoms with Crippen LogP contribution < -0.4 is 0 Å². The third kappa shape index (κ3) is 2.60. The van der Waals surface area contributed by atoms with Crippen LogP contribution in [0.1, 0.15) is 23.7 Å². The van der Waals surface area contributed by atoms with Crippen LogP contribution in [0.5, 0.6) is 0 Å². The van der Waals surface area contributed by atoms with Gasteiger partial charge in [0.2, 0.25) is 0 Å². The van der Waals surface area contributed by atoms with E-state index in [-0.39, 0.29) is 22.2 Å². The Labute approximate surface area is 114 Å². The van der Waals surface area contributed by atoms with Gasteiger partial charge < -0.3 is 10.0 Å². The molecule has 0 saturated carbocycles. The minimum absolute atomic E-state index is 0.0660. The maximum Gasteiger partial charge on any atom is 0.255 e. The highest BCUT2D eigenvalue weighted by atomic mass is 35.5. The molecule has 1 fully saturated rings. The van der Waals surface area contributed by atoms with Gasteiger partial charge in [-0.25, -0.2) is 4.39 Å². The fourth-order valence-corrected chi connectivity index (χ4v) is 2.44. The van der Waals surface area contributed by atoms with E-state index in [0.29, 0.717) is 13.0 Å². The van der Waals surface area contributed by atoms with E-state index in [2.05, 4.69) is 0 Å². The van der Waals surface area contributed by atoms with Crippen LogP contribution in [0.3, 0.4) is 0 Å². The Kier molecular flexibility index (Phi) is 3.54. The molecule has 1 heterocycles. The minimum Gasteiger partial charge on any atom is -0.388 e. The van der Waals surface area contributed by atoms with Gasteiger partial charge in [0.05, 0.1) is 21.2 Å². The lowest BCUT2D eigenvalue weighted by Gasteiger charge is -2.19. The Balaban J connectivity index is 2.27. The van der Waals surface area contributed by atoms with Gasteiger partial charge in [0.1, 0.15) is 5.82 Å². The first-order valence-corrected chi connectivity index (χ1v) is 6.22. The van der Waals surface area contributed by atoms with Crippen LogP contribution in [0.25, 0.3) is 0 Å². The number of nitrogens with zero attached hydrogens (tertiary/aromatic N) is 1. The van der Waals surface area contributed by atoms with Crippen molar-refractivity contribution in [2.24, 2.45) is 0 Å². The molecular weight excluding hydrogens is 280 g/mol. The normalized spacial score (nSPS) is 23.5. The second kappa shape index (κ2) is 4.68. The van der Waals surface area contributed by atoms with Crippen LogP contribution in [-0.2, 0) is 0 Å². The number of hydrogen-bond donors (Lipinski definition) is 1. The quantitative estimate of drug-likeness (QED) is 0.809. The maximum absolute atomic E-state index is 13.3. The number of rotatable bonds is 1. The van der Waals surface area contributed by atoms with Gasteiger partial charge in [0, 0.05) is 13.1 Å². The van der Waals surface area contributed by atoms with Crippen molar-refractivity contribution in [1.29, 1.82) is 0 Å². The summed E-state index contributed by atoms with van der Waals surface area (Å²) in [6.45, 7) is 2.29. The predicted octanol–water partition coefficient (Wildman–Crippen LogP) is 2.73. The van der Waals surface area contributed by atoms with Crippen molar-refractivity contribution in [2.45, 2.75) is 18.9 Å². The number of carbonyl (C=O) groups excluding carboxylic acids is 1. The molecule has 0 radical (unpaired) electrons. The highest BCUT2D eigenvalue weighted by Gasteiger charge is 2.35. The molecular formula is C12H12Cl2FNO2. The van der Waals surface area contributed by atoms with Crippen LogP contribution >= 0.6 is 23.2 Å². The van der Waals surface area contributed by atoms with Crippen molar-refractivity contribution in [2.75, 3.05) is 13.1 Å². The molecule has 2 rings (SSSR count). The molecule has 1 aliphatic rings. The van der Waals surface area contributed by atoms with Crippen LogP contribution in [0.2, 0.25) is 10.0 Å². The summed E-state index contributed by atoms with van der Waals surface area (Å²) in [5.41, 5.74) is -0.830. The number of carbonyl (C=O) groups is 1. The van der Waals surface area contributed by atoms with Gasteiger partial charge in [-0.05, 0) is 25.5 Å².